The Bertz CT molecular complexity index is 1080. The fourth-order valence-corrected chi connectivity index (χ4v) is 8.25. The molecule has 3 aliphatic heterocycles. The number of amides is 2. The first kappa shape index (κ1) is 23.1. The quantitative estimate of drug-likeness (QED) is 0.426. The van der Waals surface area contributed by atoms with Crippen molar-refractivity contribution < 1.29 is 41.8 Å². The number of nitrogens with zero attached hydrogens (tertiary/aromatic N) is 1. The highest BCUT2D eigenvalue weighted by Gasteiger charge is 2.44. The summed E-state index contributed by atoms with van der Waals surface area (Å²) >= 11 is 4.53. The van der Waals surface area contributed by atoms with E-state index >= 15 is 0 Å². The van der Waals surface area contributed by atoms with Crippen molar-refractivity contribution in [1.29, 1.82) is 0 Å². The third-order valence-electron chi connectivity index (χ3n) is 4.28. The number of ether oxygens (including phenoxy) is 2. The molecule has 0 aromatic heterocycles. The zero-order chi connectivity index (χ0) is 23.4. The maximum atomic E-state index is 12.7. The van der Waals surface area contributed by atoms with E-state index < -0.39 is 36.5 Å². The SMILES string of the molecule is COC(=O)C1=C(C(=O)OC)SC(=C2Sc3cc4c(cc3S2)C(=O)N(CC(F)(F)F)C4=O)S1. The Hall–Kier alpha value is -2.03. The molecule has 4 rings (SSSR count). The Kier molecular flexibility index (Phi) is 6.07. The highest BCUT2D eigenvalue weighted by atomic mass is 32.2. The lowest BCUT2D eigenvalue weighted by Crippen LogP contribution is -2.38. The van der Waals surface area contributed by atoms with Gasteiger partial charge in [0.25, 0.3) is 11.8 Å². The number of hydrogen-bond donors (Lipinski definition) is 0. The summed E-state index contributed by atoms with van der Waals surface area (Å²) in [5.41, 5.74) is -0.180. The third-order valence-corrected chi connectivity index (χ3v) is 9.88. The third kappa shape index (κ3) is 4.04. The molecule has 3 heterocycles. The minimum atomic E-state index is -4.70. The second-order valence-electron chi connectivity index (χ2n) is 6.28. The van der Waals surface area contributed by atoms with E-state index in [1.165, 1.54) is 49.9 Å². The zero-order valence-electron chi connectivity index (χ0n) is 16.0. The predicted octanol–water partition coefficient (Wildman–Crippen LogP) is 4.21. The number of imide groups is 1. The van der Waals surface area contributed by atoms with Gasteiger partial charge in [0.2, 0.25) is 0 Å². The second kappa shape index (κ2) is 8.39. The van der Waals surface area contributed by atoms with E-state index in [1.54, 1.807) is 0 Å². The Morgan fingerprint density at radius 1 is 0.844 bits per heavy atom. The van der Waals surface area contributed by atoms with Crippen molar-refractivity contribution in [3.63, 3.8) is 0 Å². The molecule has 14 heteroatoms. The highest BCUT2D eigenvalue weighted by molar-refractivity contribution is 8.33. The van der Waals surface area contributed by atoms with Gasteiger partial charge in [0.15, 0.2) is 0 Å². The Morgan fingerprint density at radius 3 is 1.62 bits per heavy atom. The van der Waals surface area contributed by atoms with Crippen LogP contribution in [-0.4, -0.2) is 55.6 Å². The van der Waals surface area contributed by atoms with Crippen molar-refractivity contribution in [2.75, 3.05) is 20.8 Å². The summed E-state index contributed by atoms with van der Waals surface area (Å²) in [5.74, 6) is -3.37. The van der Waals surface area contributed by atoms with Gasteiger partial charge in [-0.15, -0.1) is 0 Å². The topological polar surface area (TPSA) is 90.0 Å². The summed E-state index contributed by atoms with van der Waals surface area (Å²) in [6.07, 6.45) is -4.70. The van der Waals surface area contributed by atoms with E-state index in [4.69, 9.17) is 9.47 Å². The molecule has 0 N–H and O–H groups in total. The van der Waals surface area contributed by atoms with Crippen LogP contribution in [0.1, 0.15) is 20.7 Å². The molecule has 0 radical (unpaired) electrons. The molecule has 1 aromatic carbocycles. The number of hydrogen-bond acceptors (Lipinski definition) is 10. The van der Waals surface area contributed by atoms with Crippen LogP contribution < -0.4 is 0 Å². The molecular formula is C18H10F3NO6S4. The lowest BCUT2D eigenvalue weighted by atomic mass is 10.1. The molecule has 7 nitrogen and oxygen atoms in total. The number of alkyl halides is 3. The van der Waals surface area contributed by atoms with Crippen LogP contribution in [0, 0.1) is 0 Å². The lowest BCUT2D eigenvalue weighted by molar-refractivity contribution is -0.138. The molecule has 0 aliphatic carbocycles. The molecule has 0 saturated heterocycles. The number of benzene rings is 1. The fraction of sp³-hybridized carbons (Fsp3) is 0.222. The van der Waals surface area contributed by atoms with Gasteiger partial charge in [-0.3, -0.25) is 14.5 Å². The molecular weight excluding hydrogens is 511 g/mol. The molecule has 0 unspecified atom stereocenters. The number of esters is 2. The number of methoxy groups -OCH3 is 2. The van der Waals surface area contributed by atoms with Crippen LogP contribution in [0.15, 0.2) is 40.2 Å². The van der Waals surface area contributed by atoms with Gasteiger partial charge in [-0.05, 0) is 12.1 Å². The van der Waals surface area contributed by atoms with E-state index in [9.17, 15) is 32.3 Å². The Morgan fingerprint density at radius 2 is 1.25 bits per heavy atom. The molecule has 168 valence electrons. The van der Waals surface area contributed by atoms with Gasteiger partial charge in [0, 0.05) is 9.79 Å². The van der Waals surface area contributed by atoms with Crippen LogP contribution >= 0.6 is 47.0 Å². The van der Waals surface area contributed by atoms with Gasteiger partial charge in [-0.25, -0.2) is 9.59 Å². The van der Waals surface area contributed by atoms with Gasteiger partial charge in [0.05, 0.1) is 33.8 Å². The Labute approximate surface area is 195 Å². The van der Waals surface area contributed by atoms with Crippen LogP contribution in [0.3, 0.4) is 0 Å². The maximum Gasteiger partial charge on any atom is 0.406 e. The van der Waals surface area contributed by atoms with E-state index in [1.807, 2.05) is 0 Å². The molecule has 0 spiro atoms. The van der Waals surface area contributed by atoms with Crippen LogP contribution in [0.5, 0.6) is 0 Å². The van der Waals surface area contributed by atoms with Gasteiger partial charge in [-0.2, -0.15) is 13.2 Å². The number of halogens is 3. The minimum absolute atomic E-state index is 0.0830. The van der Waals surface area contributed by atoms with E-state index in [-0.39, 0.29) is 25.8 Å². The lowest BCUT2D eigenvalue weighted by Gasteiger charge is -2.15. The van der Waals surface area contributed by atoms with Crippen molar-refractivity contribution in [1.82, 2.24) is 4.90 Å². The molecule has 0 saturated carbocycles. The summed E-state index contributed by atoms with van der Waals surface area (Å²) in [6.45, 7) is -1.65. The standard InChI is InChI=1S/C18H10F3NO6S4/c1-27-14(25)10-11(15(26)28-2)32-17(31-10)16-29-8-3-6-7(4-9(8)30-16)13(24)22(12(6)23)5-18(19,20)21/h3-4H,5H2,1-2H3. The number of carbonyl (C=O) groups is 4. The van der Waals surface area contributed by atoms with E-state index in [2.05, 4.69) is 0 Å². The van der Waals surface area contributed by atoms with Gasteiger partial charge in [0.1, 0.15) is 16.4 Å². The van der Waals surface area contributed by atoms with E-state index in [0.717, 1.165) is 23.5 Å². The first-order chi connectivity index (χ1) is 15.0. The van der Waals surface area contributed by atoms with Crippen molar-refractivity contribution in [3.05, 3.63) is 41.5 Å². The second-order valence-corrected chi connectivity index (χ2v) is 10.9. The summed E-state index contributed by atoms with van der Waals surface area (Å²) < 4.78 is 48.9. The zero-order valence-corrected chi connectivity index (χ0v) is 19.3. The van der Waals surface area contributed by atoms with Crippen LogP contribution in [-0.2, 0) is 19.1 Å². The number of fused-ring (bicyclic) bond motifs is 2. The molecule has 0 atom stereocenters. The van der Waals surface area contributed by atoms with Crippen molar-refractivity contribution in [2.45, 2.75) is 16.0 Å². The first-order valence-corrected chi connectivity index (χ1v) is 11.8. The maximum absolute atomic E-state index is 12.7. The van der Waals surface area contributed by atoms with Crippen molar-refractivity contribution in [2.24, 2.45) is 0 Å². The average molecular weight is 522 g/mol. The van der Waals surface area contributed by atoms with Crippen LogP contribution in [0.4, 0.5) is 13.2 Å². The van der Waals surface area contributed by atoms with Crippen molar-refractivity contribution in [3.8, 4) is 0 Å². The summed E-state index contributed by atoms with van der Waals surface area (Å²) in [6, 6.07) is 2.79. The summed E-state index contributed by atoms with van der Waals surface area (Å²) in [4.78, 5) is 50.4. The first-order valence-electron chi connectivity index (χ1n) is 8.51. The van der Waals surface area contributed by atoms with Crippen LogP contribution in [0.25, 0.3) is 0 Å². The average Bonchev–Trinajstić information content (AvgIpc) is 3.42. The molecule has 0 fully saturated rings. The normalized spacial score (nSPS) is 17.8. The molecule has 0 bridgehead atoms. The number of rotatable bonds is 3. The van der Waals surface area contributed by atoms with E-state index in [0.29, 0.717) is 18.3 Å². The molecule has 32 heavy (non-hydrogen) atoms. The monoisotopic (exact) mass is 521 g/mol. The van der Waals surface area contributed by atoms with Crippen LogP contribution in [0.2, 0.25) is 0 Å². The smallest absolute Gasteiger partial charge is 0.406 e. The minimum Gasteiger partial charge on any atom is -0.465 e. The van der Waals surface area contributed by atoms with Gasteiger partial charge >= 0.3 is 18.1 Å². The van der Waals surface area contributed by atoms with Crippen molar-refractivity contribution >= 4 is 70.8 Å². The fourth-order valence-electron chi connectivity index (χ4n) is 2.92. The highest BCUT2D eigenvalue weighted by Crippen LogP contribution is 2.61. The molecule has 1 aromatic rings. The number of thioether (sulfide) groups is 4. The summed E-state index contributed by atoms with van der Waals surface area (Å²) in [5, 5.41) is 0. The summed E-state index contributed by atoms with van der Waals surface area (Å²) in [7, 11) is 2.38. The predicted molar refractivity (Wildman–Crippen MR) is 113 cm³/mol. The Balaban J connectivity index is 1.62. The largest absolute Gasteiger partial charge is 0.465 e. The van der Waals surface area contributed by atoms with Gasteiger partial charge < -0.3 is 9.47 Å². The van der Waals surface area contributed by atoms with Gasteiger partial charge in [-0.1, -0.05) is 47.0 Å². The molecule has 3 aliphatic rings. The number of carbonyl (C=O) groups excluding carboxylic acids is 4. The molecule has 2 amide bonds.